The highest BCUT2D eigenvalue weighted by Gasteiger charge is 2.34. The molecule has 3 aromatic rings. The van der Waals surface area contributed by atoms with Gasteiger partial charge in [-0.05, 0) is 40.7 Å². The van der Waals surface area contributed by atoms with Gasteiger partial charge in [0.15, 0.2) is 6.29 Å². The summed E-state index contributed by atoms with van der Waals surface area (Å²) in [7, 11) is 0. The SMILES string of the molecule is C=CCN(CC1CC(c2ccc(CO)cc2)OC(c2ccc(-c3ccccc3CN)cc2)O1)C1CCCC1. The van der Waals surface area contributed by atoms with Crippen molar-refractivity contribution in [2.45, 2.75) is 69.8 Å². The van der Waals surface area contributed by atoms with Crippen LogP contribution in [0.2, 0.25) is 0 Å². The lowest BCUT2D eigenvalue weighted by Crippen LogP contribution is -2.43. The Labute approximate surface area is 226 Å². The maximum Gasteiger partial charge on any atom is 0.184 e. The van der Waals surface area contributed by atoms with Crippen molar-refractivity contribution >= 4 is 0 Å². The number of aliphatic hydroxyl groups excluding tert-OH is 1. The zero-order valence-electron chi connectivity index (χ0n) is 22.2. The average molecular weight is 513 g/mol. The Morgan fingerprint density at radius 3 is 2.32 bits per heavy atom. The number of hydrogen-bond acceptors (Lipinski definition) is 5. The smallest absolute Gasteiger partial charge is 0.184 e. The van der Waals surface area contributed by atoms with E-state index >= 15 is 0 Å². The van der Waals surface area contributed by atoms with Crippen LogP contribution in [0.25, 0.3) is 11.1 Å². The molecule has 2 fully saturated rings. The molecule has 0 radical (unpaired) electrons. The third-order valence-corrected chi connectivity index (χ3v) is 7.99. The predicted molar refractivity (Wildman–Crippen MR) is 152 cm³/mol. The van der Waals surface area contributed by atoms with Crippen LogP contribution in [-0.2, 0) is 22.6 Å². The first-order chi connectivity index (χ1) is 18.7. The second-order valence-corrected chi connectivity index (χ2v) is 10.5. The molecule has 0 amide bonds. The number of ether oxygens (including phenoxy) is 2. The Hall–Kier alpha value is -2.80. The molecule has 0 bridgehead atoms. The molecule has 200 valence electrons. The van der Waals surface area contributed by atoms with Gasteiger partial charge in [0.25, 0.3) is 0 Å². The Kier molecular flexibility index (Phi) is 9.05. The Balaban J connectivity index is 1.39. The van der Waals surface area contributed by atoms with E-state index in [1.807, 2.05) is 30.3 Å². The first-order valence-electron chi connectivity index (χ1n) is 13.9. The van der Waals surface area contributed by atoms with Gasteiger partial charge in [-0.1, -0.05) is 91.7 Å². The van der Waals surface area contributed by atoms with Crippen LogP contribution in [-0.4, -0.2) is 35.2 Å². The van der Waals surface area contributed by atoms with E-state index < -0.39 is 6.29 Å². The van der Waals surface area contributed by atoms with Gasteiger partial charge in [-0.2, -0.15) is 0 Å². The third-order valence-electron chi connectivity index (χ3n) is 7.99. The average Bonchev–Trinajstić information content (AvgIpc) is 3.52. The van der Waals surface area contributed by atoms with E-state index in [-0.39, 0.29) is 18.8 Å². The summed E-state index contributed by atoms with van der Waals surface area (Å²) < 4.78 is 13.2. The van der Waals surface area contributed by atoms with Crippen LogP contribution in [0.1, 0.15) is 66.8 Å². The van der Waals surface area contributed by atoms with Crippen LogP contribution < -0.4 is 5.73 Å². The highest BCUT2D eigenvalue weighted by molar-refractivity contribution is 5.67. The fraction of sp³-hybridized carbons (Fsp3) is 0.394. The summed E-state index contributed by atoms with van der Waals surface area (Å²) in [4.78, 5) is 2.55. The number of benzene rings is 3. The summed E-state index contributed by atoms with van der Waals surface area (Å²) in [5.74, 6) is 0. The molecule has 3 aromatic carbocycles. The summed E-state index contributed by atoms with van der Waals surface area (Å²) in [5.41, 5.74) is 12.4. The highest BCUT2D eigenvalue weighted by atomic mass is 16.7. The summed E-state index contributed by atoms with van der Waals surface area (Å²) >= 11 is 0. The van der Waals surface area contributed by atoms with E-state index in [1.54, 1.807) is 0 Å². The molecular weight excluding hydrogens is 472 g/mol. The number of nitrogens with two attached hydrogens (primary N) is 1. The fourth-order valence-electron chi connectivity index (χ4n) is 5.90. The predicted octanol–water partition coefficient (Wildman–Crippen LogP) is 6.28. The molecule has 1 aliphatic carbocycles. The maximum atomic E-state index is 9.49. The first kappa shape index (κ1) is 26.8. The van der Waals surface area contributed by atoms with Crippen molar-refractivity contribution in [1.82, 2.24) is 4.90 Å². The van der Waals surface area contributed by atoms with Crippen molar-refractivity contribution in [3.05, 3.63) is 108 Å². The van der Waals surface area contributed by atoms with Gasteiger partial charge in [-0.15, -0.1) is 6.58 Å². The van der Waals surface area contributed by atoms with Crippen LogP contribution in [0.15, 0.2) is 85.5 Å². The normalized spacial score (nSPS) is 22.1. The Bertz CT molecular complexity index is 1170. The van der Waals surface area contributed by atoms with Crippen LogP contribution in [0.5, 0.6) is 0 Å². The zero-order valence-corrected chi connectivity index (χ0v) is 22.2. The van der Waals surface area contributed by atoms with Gasteiger partial charge >= 0.3 is 0 Å². The molecule has 38 heavy (non-hydrogen) atoms. The molecule has 0 spiro atoms. The van der Waals surface area contributed by atoms with Crippen molar-refractivity contribution in [2.75, 3.05) is 13.1 Å². The lowest BCUT2D eigenvalue weighted by Gasteiger charge is -2.39. The van der Waals surface area contributed by atoms with Crippen molar-refractivity contribution in [3.8, 4) is 11.1 Å². The first-order valence-corrected chi connectivity index (χ1v) is 13.9. The van der Waals surface area contributed by atoms with E-state index in [0.29, 0.717) is 12.6 Å². The standard InChI is InChI=1S/C33H40N2O3/c1-2-19-35(29-8-4-5-9-29)22-30-20-32(26-13-11-24(23-36)12-14-26)38-33(37-30)27-17-15-25(16-18-27)31-10-6-3-7-28(31)21-34/h2-3,6-7,10-18,29-30,32-33,36H,1,4-5,8-9,19-23,34H2. The quantitative estimate of drug-likeness (QED) is 0.313. The molecule has 1 saturated carbocycles. The van der Waals surface area contributed by atoms with E-state index in [9.17, 15) is 5.11 Å². The topological polar surface area (TPSA) is 68.0 Å². The van der Waals surface area contributed by atoms with E-state index in [0.717, 1.165) is 52.9 Å². The van der Waals surface area contributed by atoms with Gasteiger partial charge in [-0.25, -0.2) is 0 Å². The number of nitrogens with zero attached hydrogens (tertiary/aromatic N) is 1. The Morgan fingerprint density at radius 2 is 1.63 bits per heavy atom. The molecule has 5 rings (SSSR count). The van der Waals surface area contributed by atoms with Crippen molar-refractivity contribution in [1.29, 1.82) is 0 Å². The summed E-state index contributed by atoms with van der Waals surface area (Å²) in [5, 5.41) is 9.49. The van der Waals surface area contributed by atoms with Crippen molar-refractivity contribution < 1.29 is 14.6 Å². The third kappa shape index (κ3) is 6.25. The van der Waals surface area contributed by atoms with Crippen molar-refractivity contribution in [3.63, 3.8) is 0 Å². The second kappa shape index (κ2) is 12.8. The van der Waals surface area contributed by atoms with Gasteiger partial charge in [-0.3, -0.25) is 4.90 Å². The minimum absolute atomic E-state index is 0.0365. The number of aliphatic hydroxyl groups is 1. The summed E-state index contributed by atoms with van der Waals surface area (Å²) in [6.45, 7) is 6.30. The lowest BCUT2D eigenvalue weighted by atomic mass is 9.97. The molecule has 1 saturated heterocycles. The zero-order chi connectivity index (χ0) is 26.3. The second-order valence-electron chi connectivity index (χ2n) is 10.5. The fourth-order valence-corrected chi connectivity index (χ4v) is 5.90. The van der Waals surface area contributed by atoms with E-state index in [2.05, 4.69) is 60.0 Å². The summed E-state index contributed by atoms with van der Waals surface area (Å²) in [6.07, 6.45) is 7.40. The molecule has 3 unspecified atom stereocenters. The van der Waals surface area contributed by atoms with Crippen LogP contribution in [0, 0.1) is 0 Å². The summed E-state index contributed by atoms with van der Waals surface area (Å²) in [6, 6.07) is 25.4. The minimum Gasteiger partial charge on any atom is -0.392 e. The van der Waals surface area contributed by atoms with Gasteiger partial charge < -0.3 is 20.3 Å². The van der Waals surface area contributed by atoms with Crippen LogP contribution in [0.4, 0.5) is 0 Å². The van der Waals surface area contributed by atoms with Gasteiger partial charge in [0.1, 0.15) is 0 Å². The van der Waals surface area contributed by atoms with Gasteiger partial charge in [0, 0.05) is 37.7 Å². The molecule has 2 aliphatic rings. The molecule has 0 aromatic heterocycles. The van der Waals surface area contributed by atoms with Crippen molar-refractivity contribution in [2.24, 2.45) is 5.73 Å². The van der Waals surface area contributed by atoms with Gasteiger partial charge in [0.2, 0.25) is 0 Å². The van der Waals surface area contributed by atoms with Gasteiger partial charge in [0.05, 0.1) is 18.8 Å². The largest absolute Gasteiger partial charge is 0.392 e. The monoisotopic (exact) mass is 512 g/mol. The van der Waals surface area contributed by atoms with Crippen LogP contribution >= 0.6 is 0 Å². The molecule has 1 heterocycles. The molecule has 1 aliphatic heterocycles. The number of hydrogen-bond donors (Lipinski definition) is 2. The Morgan fingerprint density at radius 1 is 0.921 bits per heavy atom. The number of rotatable bonds is 10. The minimum atomic E-state index is -0.454. The molecular formula is C33H40N2O3. The van der Waals surface area contributed by atoms with E-state index in [1.165, 1.54) is 25.7 Å². The van der Waals surface area contributed by atoms with Crippen LogP contribution in [0.3, 0.4) is 0 Å². The lowest BCUT2D eigenvalue weighted by molar-refractivity contribution is -0.253. The van der Waals surface area contributed by atoms with E-state index in [4.69, 9.17) is 15.2 Å². The highest BCUT2D eigenvalue weighted by Crippen LogP contribution is 2.39. The molecule has 5 heteroatoms. The molecule has 3 atom stereocenters. The molecule has 5 nitrogen and oxygen atoms in total. The molecule has 3 N–H and O–H groups in total. The maximum absolute atomic E-state index is 9.49.